The Hall–Kier alpha value is -3.72. The van der Waals surface area contributed by atoms with Crippen LogP contribution in [0, 0.1) is 5.82 Å². The van der Waals surface area contributed by atoms with Crippen molar-refractivity contribution >= 4 is 46.2 Å². The molecule has 0 bridgehead atoms. The van der Waals surface area contributed by atoms with Gasteiger partial charge in [0.15, 0.2) is 5.76 Å². The molecule has 3 heterocycles. The van der Waals surface area contributed by atoms with Crippen LogP contribution in [0.4, 0.5) is 4.39 Å². The minimum absolute atomic E-state index is 0.0343. The summed E-state index contributed by atoms with van der Waals surface area (Å²) in [7, 11) is 0. The number of piperidine rings is 1. The van der Waals surface area contributed by atoms with E-state index in [1.54, 1.807) is 12.1 Å². The van der Waals surface area contributed by atoms with Crippen molar-refractivity contribution in [3.63, 3.8) is 0 Å². The van der Waals surface area contributed by atoms with E-state index in [1.165, 1.54) is 29.2 Å². The second-order valence-corrected chi connectivity index (χ2v) is 8.32. The average molecular weight is 470 g/mol. The van der Waals surface area contributed by atoms with E-state index in [0.717, 1.165) is 0 Å². The molecule has 2 aliphatic rings. The Kier molecular flexibility index (Phi) is 5.13. The maximum Gasteiger partial charge on any atom is 0.287 e. The van der Waals surface area contributed by atoms with Crippen LogP contribution in [0.15, 0.2) is 40.8 Å². The maximum absolute atomic E-state index is 13.4. The van der Waals surface area contributed by atoms with E-state index >= 15 is 0 Å². The summed E-state index contributed by atoms with van der Waals surface area (Å²) in [5, 5.41) is 5.76. The highest BCUT2D eigenvalue weighted by Crippen LogP contribution is 2.34. The predicted octanol–water partition coefficient (Wildman–Crippen LogP) is 2.92. The van der Waals surface area contributed by atoms with Crippen LogP contribution in [-0.2, 0) is 22.7 Å². The molecule has 10 heteroatoms. The Bertz CT molecular complexity index is 1350. The fourth-order valence-electron chi connectivity index (χ4n) is 4.18. The molecule has 1 saturated heterocycles. The lowest BCUT2D eigenvalue weighted by atomic mass is 10.0. The summed E-state index contributed by atoms with van der Waals surface area (Å²) in [6.45, 7) is 0.208. The summed E-state index contributed by atoms with van der Waals surface area (Å²) in [6.07, 6.45) is 0.419. The predicted molar refractivity (Wildman–Crippen MR) is 115 cm³/mol. The van der Waals surface area contributed by atoms with E-state index in [9.17, 15) is 23.6 Å². The number of halogens is 2. The van der Waals surface area contributed by atoms with Crippen molar-refractivity contribution in [2.24, 2.45) is 0 Å². The molecule has 0 saturated carbocycles. The number of furan rings is 1. The van der Waals surface area contributed by atoms with E-state index in [0.29, 0.717) is 32.7 Å². The molecule has 8 nitrogen and oxygen atoms in total. The summed E-state index contributed by atoms with van der Waals surface area (Å²) in [4.78, 5) is 50.4. The lowest BCUT2D eigenvalue weighted by Gasteiger charge is -2.29. The van der Waals surface area contributed by atoms with Gasteiger partial charge in [0, 0.05) is 36.0 Å². The zero-order valence-electron chi connectivity index (χ0n) is 17.1. The number of fused-ring (bicyclic) bond motifs is 2. The van der Waals surface area contributed by atoms with Gasteiger partial charge in [-0.25, -0.2) is 4.39 Å². The molecular weight excluding hydrogens is 453 g/mol. The van der Waals surface area contributed by atoms with Crippen LogP contribution >= 0.6 is 11.6 Å². The van der Waals surface area contributed by atoms with Crippen LogP contribution in [0.5, 0.6) is 0 Å². The standard InChI is InChI=1S/C23H17ClFN3O5/c24-20-11(9-26-22(31)18-8-12-7-13(25)2-5-17(12)33-18)1-3-14-15(20)10-28(23(14)32)16-4-6-19(29)27-21(16)30/h1-3,5,7-8,16H,4,6,9-10H2,(H,26,31)(H,27,29,30). The largest absolute Gasteiger partial charge is 0.451 e. The summed E-state index contributed by atoms with van der Waals surface area (Å²) in [6, 6.07) is 7.94. The van der Waals surface area contributed by atoms with Gasteiger partial charge < -0.3 is 14.6 Å². The molecule has 168 valence electrons. The lowest BCUT2D eigenvalue weighted by molar-refractivity contribution is -0.136. The number of rotatable bonds is 4. The molecule has 1 aromatic heterocycles. The molecular formula is C23H17ClFN3O5. The number of amides is 4. The molecule has 2 aliphatic heterocycles. The van der Waals surface area contributed by atoms with Crippen LogP contribution in [0.25, 0.3) is 11.0 Å². The molecule has 33 heavy (non-hydrogen) atoms. The van der Waals surface area contributed by atoms with Gasteiger partial charge >= 0.3 is 0 Å². The highest BCUT2D eigenvalue weighted by atomic mass is 35.5. The number of carbonyl (C=O) groups is 4. The van der Waals surface area contributed by atoms with Crippen LogP contribution in [-0.4, -0.2) is 34.6 Å². The van der Waals surface area contributed by atoms with E-state index in [-0.39, 0.29) is 43.5 Å². The average Bonchev–Trinajstić information content (AvgIpc) is 3.35. The molecule has 1 unspecified atom stereocenters. The number of imide groups is 1. The first-order valence-electron chi connectivity index (χ1n) is 10.2. The Morgan fingerprint density at radius 2 is 2.03 bits per heavy atom. The van der Waals surface area contributed by atoms with E-state index in [2.05, 4.69) is 10.6 Å². The first kappa shape index (κ1) is 21.1. The SMILES string of the molecule is O=C1CCC(N2Cc3c(ccc(CNC(=O)c4cc5cc(F)ccc5o4)c3Cl)C2=O)C(=O)N1. The minimum Gasteiger partial charge on any atom is -0.451 e. The zero-order chi connectivity index (χ0) is 23.3. The summed E-state index contributed by atoms with van der Waals surface area (Å²) in [5.41, 5.74) is 1.93. The first-order chi connectivity index (χ1) is 15.8. The second kappa shape index (κ2) is 8.00. The molecule has 3 aromatic rings. The van der Waals surface area contributed by atoms with Crippen molar-refractivity contribution in [2.45, 2.75) is 32.0 Å². The van der Waals surface area contributed by atoms with Crippen molar-refractivity contribution in [1.29, 1.82) is 0 Å². The highest BCUT2D eigenvalue weighted by Gasteiger charge is 2.40. The van der Waals surface area contributed by atoms with Gasteiger partial charge in [-0.15, -0.1) is 0 Å². The number of nitrogens with zero attached hydrogens (tertiary/aromatic N) is 1. The van der Waals surface area contributed by atoms with Crippen molar-refractivity contribution in [3.8, 4) is 0 Å². The third-order valence-corrected chi connectivity index (χ3v) is 6.34. The monoisotopic (exact) mass is 469 g/mol. The van der Waals surface area contributed by atoms with Gasteiger partial charge in [-0.3, -0.25) is 24.5 Å². The van der Waals surface area contributed by atoms with Crippen LogP contribution in [0.2, 0.25) is 5.02 Å². The number of nitrogens with one attached hydrogen (secondary N) is 2. The normalized spacial score (nSPS) is 17.9. The van der Waals surface area contributed by atoms with Crippen LogP contribution in [0.3, 0.4) is 0 Å². The molecule has 2 N–H and O–H groups in total. The smallest absolute Gasteiger partial charge is 0.287 e. The van der Waals surface area contributed by atoms with E-state index in [4.69, 9.17) is 16.0 Å². The topological polar surface area (TPSA) is 109 Å². The zero-order valence-corrected chi connectivity index (χ0v) is 17.9. The number of hydrogen-bond donors (Lipinski definition) is 2. The quantitative estimate of drug-likeness (QED) is 0.571. The van der Waals surface area contributed by atoms with E-state index < -0.39 is 23.7 Å². The Labute approximate surface area is 191 Å². The Morgan fingerprint density at radius 1 is 1.21 bits per heavy atom. The molecule has 0 aliphatic carbocycles. The fraction of sp³-hybridized carbons (Fsp3) is 0.217. The third-order valence-electron chi connectivity index (χ3n) is 5.87. The fourth-order valence-corrected chi connectivity index (χ4v) is 4.47. The molecule has 0 radical (unpaired) electrons. The van der Waals surface area contributed by atoms with E-state index in [1.807, 2.05) is 0 Å². The number of benzene rings is 2. The molecule has 0 spiro atoms. The van der Waals surface area contributed by atoms with Gasteiger partial charge in [-0.1, -0.05) is 17.7 Å². The summed E-state index contributed by atoms with van der Waals surface area (Å²) in [5.74, 6) is -2.07. The lowest BCUT2D eigenvalue weighted by Crippen LogP contribution is -2.52. The van der Waals surface area contributed by atoms with Crippen molar-refractivity contribution in [1.82, 2.24) is 15.5 Å². The Balaban J connectivity index is 1.31. The number of carbonyl (C=O) groups excluding carboxylic acids is 4. The van der Waals surface area contributed by atoms with Crippen molar-refractivity contribution in [3.05, 3.63) is 69.7 Å². The van der Waals surface area contributed by atoms with Crippen molar-refractivity contribution in [2.75, 3.05) is 0 Å². The van der Waals surface area contributed by atoms with Gasteiger partial charge in [0.2, 0.25) is 11.8 Å². The molecule has 4 amide bonds. The summed E-state index contributed by atoms with van der Waals surface area (Å²) < 4.78 is 18.8. The number of hydrogen-bond acceptors (Lipinski definition) is 5. The van der Waals surface area contributed by atoms with Gasteiger partial charge in [-0.05, 0) is 42.3 Å². The van der Waals surface area contributed by atoms with Crippen molar-refractivity contribution < 1.29 is 28.0 Å². The summed E-state index contributed by atoms with van der Waals surface area (Å²) >= 11 is 6.54. The van der Waals surface area contributed by atoms with Gasteiger partial charge in [0.05, 0.1) is 5.02 Å². The van der Waals surface area contributed by atoms with Crippen LogP contribution in [0.1, 0.15) is 44.9 Å². The highest BCUT2D eigenvalue weighted by molar-refractivity contribution is 6.33. The van der Waals surface area contributed by atoms with Gasteiger partial charge in [0.1, 0.15) is 17.4 Å². The minimum atomic E-state index is -0.736. The van der Waals surface area contributed by atoms with Gasteiger partial charge in [-0.2, -0.15) is 0 Å². The maximum atomic E-state index is 13.4. The molecule has 1 fully saturated rings. The first-order valence-corrected chi connectivity index (χ1v) is 10.6. The molecule has 5 rings (SSSR count). The third kappa shape index (κ3) is 3.74. The molecule has 1 atom stereocenters. The Morgan fingerprint density at radius 3 is 2.82 bits per heavy atom. The van der Waals surface area contributed by atoms with Gasteiger partial charge in [0.25, 0.3) is 11.8 Å². The van der Waals surface area contributed by atoms with Crippen LogP contribution < -0.4 is 10.6 Å². The second-order valence-electron chi connectivity index (χ2n) is 7.94. The molecule has 2 aromatic carbocycles.